The molecule has 0 spiro atoms. The van der Waals surface area contributed by atoms with Gasteiger partial charge in [-0.15, -0.1) is 23.7 Å². The highest BCUT2D eigenvalue weighted by Gasteiger charge is 2.19. The quantitative estimate of drug-likeness (QED) is 0.944. The third kappa shape index (κ3) is 3.36. The topological polar surface area (TPSA) is 47.1 Å². The van der Waals surface area contributed by atoms with Gasteiger partial charge in [0.2, 0.25) is 0 Å². The first-order chi connectivity index (χ1) is 8.70. The van der Waals surface area contributed by atoms with Gasteiger partial charge in [0, 0.05) is 54.2 Å². The number of halogens is 1. The summed E-state index contributed by atoms with van der Waals surface area (Å²) in [5.41, 5.74) is 7.13. The fraction of sp³-hybridized carbons (Fsp3) is 0.462. The van der Waals surface area contributed by atoms with E-state index in [1.807, 2.05) is 29.3 Å². The largest absolute Gasteiger partial charge is 0.326 e. The van der Waals surface area contributed by atoms with E-state index in [-0.39, 0.29) is 12.4 Å². The lowest BCUT2D eigenvalue weighted by Crippen LogP contribution is -2.25. The molecule has 0 radical (unpaired) electrons. The Kier molecular flexibility index (Phi) is 4.62. The zero-order valence-electron chi connectivity index (χ0n) is 11.0. The first kappa shape index (κ1) is 14.5. The fourth-order valence-corrected chi connectivity index (χ4v) is 3.42. The maximum atomic E-state index is 5.93. The van der Waals surface area contributed by atoms with Crippen LogP contribution in [-0.4, -0.2) is 33.8 Å². The van der Waals surface area contributed by atoms with Crippen LogP contribution in [0.3, 0.4) is 0 Å². The molecule has 1 aliphatic heterocycles. The summed E-state index contributed by atoms with van der Waals surface area (Å²) in [6.07, 6.45) is 5.10. The maximum Gasteiger partial charge on any atom is 0.0576 e. The van der Waals surface area contributed by atoms with Gasteiger partial charge in [0.05, 0.1) is 6.20 Å². The standard InChI is InChI=1S/C13H18N4S.ClH/c1-16-7-10(6-15-16)13-3-2-12(18-13)9-17-5-4-11(14)8-17;/h2-3,6-7,11H,4-5,8-9,14H2,1H3;1H/t11-;/m1./s1. The predicted octanol–water partition coefficient (Wildman–Crippen LogP) is 2.10. The van der Waals surface area contributed by atoms with Crippen LogP contribution in [0, 0.1) is 0 Å². The number of nitrogens with zero attached hydrogens (tertiary/aromatic N) is 3. The minimum atomic E-state index is 0. The van der Waals surface area contributed by atoms with Crippen LogP contribution in [0.2, 0.25) is 0 Å². The van der Waals surface area contributed by atoms with E-state index in [1.54, 1.807) is 0 Å². The van der Waals surface area contributed by atoms with Crippen molar-refractivity contribution in [3.05, 3.63) is 29.4 Å². The van der Waals surface area contributed by atoms with E-state index < -0.39 is 0 Å². The number of rotatable bonds is 3. The molecule has 6 heteroatoms. The van der Waals surface area contributed by atoms with Gasteiger partial charge in [-0.25, -0.2) is 0 Å². The van der Waals surface area contributed by atoms with Crippen molar-refractivity contribution < 1.29 is 0 Å². The molecular weight excluding hydrogens is 280 g/mol. The Balaban J connectivity index is 0.00000133. The molecule has 3 heterocycles. The molecule has 0 aromatic carbocycles. The Morgan fingerprint density at radius 1 is 1.47 bits per heavy atom. The summed E-state index contributed by atoms with van der Waals surface area (Å²) < 4.78 is 1.84. The summed E-state index contributed by atoms with van der Waals surface area (Å²) in [7, 11) is 1.95. The zero-order chi connectivity index (χ0) is 12.5. The molecule has 1 atom stereocenters. The van der Waals surface area contributed by atoms with Crippen LogP contribution in [-0.2, 0) is 13.6 Å². The van der Waals surface area contributed by atoms with Crippen LogP contribution in [0.4, 0.5) is 0 Å². The number of aromatic nitrogens is 2. The van der Waals surface area contributed by atoms with E-state index >= 15 is 0 Å². The molecule has 104 valence electrons. The number of thiophene rings is 1. The molecular formula is C13H19ClN4S. The van der Waals surface area contributed by atoms with Gasteiger partial charge in [-0.1, -0.05) is 0 Å². The molecule has 1 aliphatic rings. The van der Waals surface area contributed by atoms with E-state index in [0.717, 1.165) is 26.1 Å². The molecule has 19 heavy (non-hydrogen) atoms. The normalized spacial score (nSPS) is 19.6. The van der Waals surface area contributed by atoms with Gasteiger partial charge in [0.15, 0.2) is 0 Å². The summed E-state index contributed by atoms with van der Waals surface area (Å²) in [6, 6.07) is 4.77. The lowest BCUT2D eigenvalue weighted by atomic mass is 10.3. The Morgan fingerprint density at radius 3 is 2.95 bits per heavy atom. The lowest BCUT2D eigenvalue weighted by molar-refractivity contribution is 0.330. The highest BCUT2D eigenvalue weighted by molar-refractivity contribution is 7.15. The maximum absolute atomic E-state index is 5.93. The number of hydrogen-bond acceptors (Lipinski definition) is 4. The van der Waals surface area contributed by atoms with Crippen molar-refractivity contribution in [2.75, 3.05) is 13.1 Å². The van der Waals surface area contributed by atoms with Crippen LogP contribution in [0.1, 0.15) is 11.3 Å². The van der Waals surface area contributed by atoms with E-state index in [1.165, 1.54) is 15.3 Å². The zero-order valence-corrected chi connectivity index (χ0v) is 12.6. The fourth-order valence-electron chi connectivity index (χ4n) is 2.39. The van der Waals surface area contributed by atoms with Crippen molar-refractivity contribution >= 4 is 23.7 Å². The molecule has 0 aliphatic carbocycles. The first-order valence-electron chi connectivity index (χ1n) is 6.26. The SMILES string of the molecule is Cl.Cn1cc(-c2ccc(CN3CC[C@@H](N)C3)s2)cn1. The summed E-state index contributed by atoms with van der Waals surface area (Å²) in [4.78, 5) is 5.13. The van der Waals surface area contributed by atoms with Gasteiger partial charge >= 0.3 is 0 Å². The molecule has 4 nitrogen and oxygen atoms in total. The van der Waals surface area contributed by atoms with Crippen molar-refractivity contribution in [1.82, 2.24) is 14.7 Å². The average Bonchev–Trinajstić information content (AvgIpc) is 3.01. The average molecular weight is 299 g/mol. The Bertz CT molecular complexity index is 536. The first-order valence-corrected chi connectivity index (χ1v) is 7.08. The highest BCUT2D eigenvalue weighted by Crippen LogP contribution is 2.28. The summed E-state index contributed by atoms with van der Waals surface area (Å²) in [5.74, 6) is 0. The smallest absolute Gasteiger partial charge is 0.0576 e. The Hall–Kier alpha value is -0.880. The number of likely N-dealkylation sites (tertiary alicyclic amines) is 1. The molecule has 1 fully saturated rings. The van der Waals surface area contributed by atoms with Crippen LogP contribution in [0.15, 0.2) is 24.5 Å². The monoisotopic (exact) mass is 298 g/mol. The minimum absolute atomic E-state index is 0. The van der Waals surface area contributed by atoms with Crippen LogP contribution < -0.4 is 5.73 Å². The highest BCUT2D eigenvalue weighted by atomic mass is 35.5. The van der Waals surface area contributed by atoms with Gasteiger partial charge in [-0.05, 0) is 18.6 Å². The van der Waals surface area contributed by atoms with Crippen molar-refractivity contribution in [3.8, 4) is 10.4 Å². The summed E-state index contributed by atoms with van der Waals surface area (Å²) in [5, 5.41) is 4.21. The molecule has 0 amide bonds. The van der Waals surface area contributed by atoms with Crippen molar-refractivity contribution in [2.45, 2.75) is 19.0 Å². The molecule has 0 saturated carbocycles. The second kappa shape index (κ2) is 6.05. The Morgan fingerprint density at radius 2 is 2.32 bits per heavy atom. The third-order valence-corrected chi connectivity index (χ3v) is 4.46. The van der Waals surface area contributed by atoms with Gasteiger partial charge in [0.1, 0.15) is 0 Å². The molecule has 3 rings (SSSR count). The molecule has 0 bridgehead atoms. The predicted molar refractivity (Wildman–Crippen MR) is 81.6 cm³/mol. The van der Waals surface area contributed by atoms with E-state index in [4.69, 9.17) is 5.73 Å². The van der Waals surface area contributed by atoms with Crippen LogP contribution in [0.5, 0.6) is 0 Å². The van der Waals surface area contributed by atoms with Gasteiger partial charge in [-0.3, -0.25) is 9.58 Å². The second-order valence-electron chi connectivity index (χ2n) is 4.95. The second-order valence-corrected chi connectivity index (χ2v) is 6.12. The van der Waals surface area contributed by atoms with Crippen LogP contribution >= 0.6 is 23.7 Å². The molecule has 2 aromatic heterocycles. The van der Waals surface area contributed by atoms with Crippen molar-refractivity contribution in [2.24, 2.45) is 12.8 Å². The summed E-state index contributed by atoms with van der Waals surface area (Å²) in [6.45, 7) is 3.18. The van der Waals surface area contributed by atoms with E-state index in [2.05, 4.69) is 28.3 Å². The van der Waals surface area contributed by atoms with E-state index in [9.17, 15) is 0 Å². The van der Waals surface area contributed by atoms with Gasteiger partial charge in [-0.2, -0.15) is 5.10 Å². The van der Waals surface area contributed by atoms with Crippen molar-refractivity contribution in [1.29, 1.82) is 0 Å². The minimum Gasteiger partial charge on any atom is -0.326 e. The molecule has 0 unspecified atom stereocenters. The number of hydrogen-bond donors (Lipinski definition) is 1. The summed E-state index contributed by atoms with van der Waals surface area (Å²) >= 11 is 1.85. The lowest BCUT2D eigenvalue weighted by Gasteiger charge is -2.13. The molecule has 1 saturated heterocycles. The van der Waals surface area contributed by atoms with Gasteiger partial charge < -0.3 is 5.73 Å². The van der Waals surface area contributed by atoms with Crippen molar-refractivity contribution in [3.63, 3.8) is 0 Å². The third-order valence-electron chi connectivity index (χ3n) is 3.34. The Labute approximate surface area is 123 Å². The molecule has 2 aromatic rings. The van der Waals surface area contributed by atoms with E-state index in [0.29, 0.717) is 6.04 Å². The van der Waals surface area contributed by atoms with Crippen LogP contribution in [0.25, 0.3) is 10.4 Å². The molecule has 2 N–H and O–H groups in total. The number of nitrogens with two attached hydrogens (primary N) is 1. The number of aryl methyl sites for hydroxylation is 1. The van der Waals surface area contributed by atoms with Gasteiger partial charge in [0.25, 0.3) is 0 Å².